The number of ether oxygens (including phenoxy) is 2. The summed E-state index contributed by atoms with van der Waals surface area (Å²) in [5, 5.41) is 0. The number of terminal acetylenes is 1. The fraction of sp³-hybridized carbons (Fsp3) is 0.406. The van der Waals surface area contributed by atoms with E-state index < -0.39 is 0 Å². The van der Waals surface area contributed by atoms with Gasteiger partial charge in [-0.05, 0) is 68.0 Å². The molecule has 0 spiro atoms. The second-order valence-electron chi connectivity index (χ2n) is 9.47. The molecule has 3 heterocycles. The number of nitrogen functional groups attached to an aromatic ring is 1. The van der Waals surface area contributed by atoms with Gasteiger partial charge in [0.05, 0.1) is 13.3 Å². The number of halogens is 2. The number of rotatable bonds is 11. The van der Waals surface area contributed by atoms with E-state index >= 15 is 0 Å². The lowest BCUT2D eigenvalue weighted by atomic mass is 9.88. The molecule has 1 unspecified atom stereocenters. The highest BCUT2D eigenvalue weighted by atomic mass is 32.2. The molecule has 0 aliphatic carbocycles. The molecule has 2 N–H and O–H groups in total. The predicted octanol–water partition coefficient (Wildman–Crippen LogP) is 6.86. The highest BCUT2D eigenvalue weighted by Crippen LogP contribution is 2.43. The third-order valence-electron chi connectivity index (χ3n) is 6.73. The Balaban J connectivity index is 0.00000216. The van der Waals surface area contributed by atoms with Gasteiger partial charge in [0.25, 0.3) is 0 Å². The first-order chi connectivity index (χ1) is 19.5. The molecule has 40 heavy (non-hydrogen) atoms. The van der Waals surface area contributed by atoms with Gasteiger partial charge in [0.1, 0.15) is 11.9 Å². The zero-order chi connectivity index (χ0) is 28.9. The second-order valence-corrected chi connectivity index (χ2v) is 10.6. The Bertz CT molecular complexity index is 1220. The second kappa shape index (κ2) is 16.2. The Labute approximate surface area is 241 Å². The number of nitrogens with zero attached hydrogens (tertiary/aromatic N) is 2. The van der Waals surface area contributed by atoms with Crippen molar-refractivity contribution < 1.29 is 18.3 Å². The summed E-state index contributed by atoms with van der Waals surface area (Å²) in [6.07, 6.45) is 15.7. The maximum atomic E-state index is 15.0. The number of fused-ring (bicyclic) bond motifs is 1. The molecule has 0 amide bonds. The molecule has 2 aliphatic rings. The summed E-state index contributed by atoms with van der Waals surface area (Å²) in [5.74, 6) is 1.13. The standard InChI is InChI=1S/C30H37F2N3O2S.C2H2/c1-3-36-16-4-6-25(21(2)32)26-12-17-38-28-18-23(33)8-9-27(28)30(26)22-7-10-29(34-19-22)37-24-11-15-35(20-24)14-5-13-31;1-2/h4,6-10,18-19,24H,3,5,11-17,20,33H2,1-2H3;1-2H/b6-4-,25-21-;. The molecule has 2 aliphatic heterocycles. The van der Waals surface area contributed by atoms with Crippen LogP contribution in [0.4, 0.5) is 14.5 Å². The van der Waals surface area contributed by atoms with Crippen LogP contribution in [0, 0.1) is 12.8 Å². The fourth-order valence-corrected chi connectivity index (χ4v) is 6.01. The largest absolute Gasteiger partial charge is 0.473 e. The van der Waals surface area contributed by atoms with Crippen LogP contribution >= 0.6 is 11.8 Å². The quantitative estimate of drug-likeness (QED) is 0.139. The highest BCUT2D eigenvalue weighted by molar-refractivity contribution is 7.99. The van der Waals surface area contributed by atoms with Crippen LogP contribution < -0.4 is 10.5 Å². The molecule has 1 atom stereocenters. The van der Waals surface area contributed by atoms with Crippen LogP contribution in [0.3, 0.4) is 0 Å². The number of anilines is 1. The van der Waals surface area contributed by atoms with Gasteiger partial charge >= 0.3 is 0 Å². The van der Waals surface area contributed by atoms with E-state index in [1.807, 2.05) is 55.6 Å². The van der Waals surface area contributed by atoms with Crippen molar-refractivity contribution in [2.75, 3.05) is 51.0 Å². The van der Waals surface area contributed by atoms with Gasteiger partial charge in [0.15, 0.2) is 0 Å². The topological polar surface area (TPSA) is 60.6 Å². The van der Waals surface area contributed by atoms with Crippen LogP contribution in [0.1, 0.15) is 44.2 Å². The van der Waals surface area contributed by atoms with Gasteiger partial charge in [-0.25, -0.2) is 9.37 Å². The summed E-state index contributed by atoms with van der Waals surface area (Å²) in [6.45, 7) is 6.62. The number of hydrogen-bond donors (Lipinski definition) is 1. The average Bonchev–Trinajstić information content (AvgIpc) is 3.32. The SMILES string of the molecule is C#C.CCOC/C=C\C(C1=C(c2ccc(OC3CCN(CCCF)C3)nc2)c2ccc(N)cc2SCC1)=C(/C)F. The van der Waals surface area contributed by atoms with E-state index in [4.69, 9.17) is 15.2 Å². The Kier molecular flexibility index (Phi) is 12.7. The minimum Gasteiger partial charge on any atom is -0.473 e. The van der Waals surface area contributed by atoms with Gasteiger partial charge in [-0.2, -0.15) is 0 Å². The van der Waals surface area contributed by atoms with Crippen LogP contribution in [-0.2, 0) is 4.74 Å². The van der Waals surface area contributed by atoms with Crippen molar-refractivity contribution >= 4 is 23.0 Å². The number of pyridine rings is 1. The first kappa shape index (κ1) is 31.4. The van der Waals surface area contributed by atoms with Crippen molar-refractivity contribution in [1.82, 2.24) is 9.88 Å². The van der Waals surface area contributed by atoms with Crippen LogP contribution in [-0.4, -0.2) is 61.3 Å². The Morgan fingerprint density at radius 2 is 2.10 bits per heavy atom. The van der Waals surface area contributed by atoms with Crippen molar-refractivity contribution in [2.45, 2.75) is 44.1 Å². The molecule has 5 nitrogen and oxygen atoms in total. The van der Waals surface area contributed by atoms with Gasteiger partial charge in [-0.3, -0.25) is 9.29 Å². The Hall–Kier alpha value is -3.12. The van der Waals surface area contributed by atoms with E-state index in [9.17, 15) is 8.78 Å². The van der Waals surface area contributed by atoms with Crippen LogP contribution in [0.2, 0.25) is 0 Å². The first-order valence-corrected chi connectivity index (χ1v) is 14.6. The zero-order valence-electron chi connectivity index (χ0n) is 23.4. The van der Waals surface area contributed by atoms with Crippen molar-refractivity contribution in [3.8, 4) is 18.7 Å². The summed E-state index contributed by atoms with van der Waals surface area (Å²) in [7, 11) is 0. The molecule has 1 aromatic heterocycles. The summed E-state index contributed by atoms with van der Waals surface area (Å²) in [6, 6.07) is 9.77. The number of nitrogens with two attached hydrogens (primary N) is 1. The molecule has 0 saturated carbocycles. The van der Waals surface area contributed by atoms with Crippen LogP contribution in [0.25, 0.3) is 5.57 Å². The molecule has 0 radical (unpaired) electrons. The molecular formula is C32H39F2N3O2S. The van der Waals surface area contributed by atoms with Gasteiger partial charge < -0.3 is 15.2 Å². The average molecular weight is 568 g/mol. The molecule has 8 heteroatoms. The third kappa shape index (κ3) is 8.44. The number of benzene rings is 1. The lowest BCUT2D eigenvalue weighted by Crippen LogP contribution is -2.26. The van der Waals surface area contributed by atoms with Crippen LogP contribution in [0.15, 0.2) is 70.5 Å². The minimum atomic E-state index is -0.293. The van der Waals surface area contributed by atoms with Gasteiger partial charge in [0, 0.05) is 66.0 Å². The summed E-state index contributed by atoms with van der Waals surface area (Å²) in [4.78, 5) is 7.94. The van der Waals surface area contributed by atoms with Gasteiger partial charge in [-0.1, -0.05) is 18.2 Å². The molecule has 1 aromatic carbocycles. The third-order valence-corrected chi connectivity index (χ3v) is 7.79. The molecule has 214 valence electrons. The van der Waals surface area contributed by atoms with Crippen molar-refractivity contribution in [3.05, 3.63) is 76.8 Å². The highest BCUT2D eigenvalue weighted by Gasteiger charge is 2.25. The van der Waals surface area contributed by atoms with Gasteiger partial charge in [0.2, 0.25) is 5.88 Å². The lowest BCUT2D eigenvalue weighted by Gasteiger charge is -2.18. The Morgan fingerprint density at radius 3 is 2.80 bits per heavy atom. The molecule has 1 fully saturated rings. The van der Waals surface area contributed by atoms with E-state index in [1.54, 1.807) is 11.8 Å². The van der Waals surface area contributed by atoms with E-state index in [0.29, 0.717) is 43.2 Å². The Morgan fingerprint density at radius 1 is 1.27 bits per heavy atom. The number of allylic oxidation sites excluding steroid dienone is 4. The maximum absolute atomic E-state index is 15.0. The predicted molar refractivity (Wildman–Crippen MR) is 162 cm³/mol. The molecule has 2 aromatic rings. The van der Waals surface area contributed by atoms with E-state index in [0.717, 1.165) is 59.0 Å². The van der Waals surface area contributed by atoms with E-state index in [-0.39, 0.29) is 18.6 Å². The molecule has 4 rings (SSSR count). The number of hydrogen-bond acceptors (Lipinski definition) is 6. The van der Waals surface area contributed by atoms with Crippen LogP contribution in [0.5, 0.6) is 5.88 Å². The number of likely N-dealkylation sites (tertiary alicyclic amines) is 1. The van der Waals surface area contributed by atoms with Gasteiger partial charge in [-0.15, -0.1) is 24.6 Å². The number of alkyl halides is 1. The fourth-order valence-electron chi connectivity index (χ4n) is 4.94. The summed E-state index contributed by atoms with van der Waals surface area (Å²) < 4.78 is 39.1. The van der Waals surface area contributed by atoms with E-state index in [1.165, 1.54) is 6.92 Å². The summed E-state index contributed by atoms with van der Waals surface area (Å²) >= 11 is 1.73. The lowest BCUT2D eigenvalue weighted by molar-refractivity contribution is 0.177. The van der Waals surface area contributed by atoms with Crippen molar-refractivity contribution in [1.29, 1.82) is 0 Å². The van der Waals surface area contributed by atoms with Crippen molar-refractivity contribution in [2.24, 2.45) is 0 Å². The molecule has 0 bridgehead atoms. The van der Waals surface area contributed by atoms with Crippen molar-refractivity contribution in [3.63, 3.8) is 0 Å². The smallest absolute Gasteiger partial charge is 0.213 e. The monoisotopic (exact) mass is 567 g/mol. The number of aromatic nitrogens is 1. The maximum Gasteiger partial charge on any atom is 0.213 e. The zero-order valence-corrected chi connectivity index (χ0v) is 24.2. The minimum absolute atomic E-state index is 0.0416. The van der Waals surface area contributed by atoms with E-state index in [2.05, 4.69) is 22.7 Å². The molecular weight excluding hydrogens is 528 g/mol. The normalized spacial score (nSPS) is 18.1. The molecule has 1 saturated heterocycles. The number of thioether (sulfide) groups is 1. The summed E-state index contributed by atoms with van der Waals surface area (Å²) in [5.41, 5.74) is 11.2. The first-order valence-electron chi connectivity index (χ1n) is 13.6.